The molecule has 5 heteroatoms. The molecule has 0 bridgehead atoms. The van der Waals surface area contributed by atoms with Crippen LogP contribution in [0.1, 0.15) is 16.3 Å². The predicted molar refractivity (Wildman–Crippen MR) is 111 cm³/mol. The van der Waals surface area contributed by atoms with Crippen LogP contribution in [0.15, 0.2) is 66.0 Å². The van der Waals surface area contributed by atoms with Gasteiger partial charge in [-0.2, -0.15) is 0 Å². The molecule has 4 nitrogen and oxygen atoms in total. The molecule has 2 aromatic heterocycles. The van der Waals surface area contributed by atoms with E-state index in [2.05, 4.69) is 34.1 Å². The number of nitrogens with one attached hydrogen (secondary N) is 1. The van der Waals surface area contributed by atoms with Crippen LogP contribution in [0.4, 0.5) is 5.69 Å². The zero-order valence-electron chi connectivity index (χ0n) is 15.2. The molecule has 0 saturated heterocycles. The van der Waals surface area contributed by atoms with Gasteiger partial charge in [-0.05, 0) is 41.6 Å². The number of carbonyl (C=O) groups excluding carboxylic acids is 1. The number of aromatic nitrogens is 2. The maximum Gasteiger partial charge on any atom is 0.229 e. The quantitative estimate of drug-likeness (QED) is 0.535. The minimum atomic E-state index is -0.00275. The number of rotatable bonds is 6. The summed E-state index contributed by atoms with van der Waals surface area (Å²) in [5.74, 6) is 1.05. The van der Waals surface area contributed by atoms with E-state index in [9.17, 15) is 4.79 Å². The maximum absolute atomic E-state index is 12.2. The van der Waals surface area contributed by atoms with Crippen LogP contribution >= 0.6 is 11.3 Å². The third kappa shape index (κ3) is 4.09. The highest BCUT2D eigenvalue weighted by Crippen LogP contribution is 2.21. The Morgan fingerprint density at radius 1 is 1.07 bits per heavy atom. The van der Waals surface area contributed by atoms with Gasteiger partial charge in [-0.1, -0.05) is 36.4 Å². The van der Waals surface area contributed by atoms with Crippen LogP contribution < -0.4 is 5.32 Å². The second-order valence-corrected chi connectivity index (χ2v) is 7.61. The summed E-state index contributed by atoms with van der Waals surface area (Å²) in [7, 11) is 2.05. The van der Waals surface area contributed by atoms with Crippen LogP contribution in [0.2, 0.25) is 0 Å². The number of thiophene rings is 1. The largest absolute Gasteiger partial charge is 0.331 e. The Morgan fingerprint density at radius 2 is 1.93 bits per heavy atom. The molecule has 0 aliphatic carbocycles. The van der Waals surface area contributed by atoms with Crippen molar-refractivity contribution in [1.29, 1.82) is 0 Å². The second-order valence-electron chi connectivity index (χ2n) is 6.58. The number of aryl methyl sites for hydroxylation is 3. The lowest BCUT2D eigenvalue weighted by Crippen LogP contribution is -2.13. The van der Waals surface area contributed by atoms with Crippen molar-refractivity contribution in [2.24, 2.45) is 7.05 Å². The molecule has 0 saturated carbocycles. The maximum atomic E-state index is 12.2. The molecule has 27 heavy (non-hydrogen) atoms. The zero-order chi connectivity index (χ0) is 18.6. The van der Waals surface area contributed by atoms with Crippen LogP contribution in [0.5, 0.6) is 0 Å². The molecule has 0 fully saturated rings. The van der Waals surface area contributed by atoms with E-state index in [-0.39, 0.29) is 5.91 Å². The third-order valence-corrected chi connectivity index (χ3v) is 5.53. The number of imidazole rings is 1. The molecule has 136 valence electrons. The minimum Gasteiger partial charge on any atom is -0.331 e. The number of hydrogen-bond donors (Lipinski definition) is 1. The van der Waals surface area contributed by atoms with E-state index in [1.165, 1.54) is 5.56 Å². The highest BCUT2D eigenvalue weighted by Gasteiger charge is 2.10. The van der Waals surface area contributed by atoms with E-state index in [1.807, 2.05) is 48.8 Å². The Hall–Kier alpha value is -2.92. The van der Waals surface area contributed by atoms with Crippen molar-refractivity contribution in [2.75, 3.05) is 5.32 Å². The zero-order valence-corrected chi connectivity index (χ0v) is 16.0. The number of fused-ring (bicyclic) bond motifs is 1. The molecule has 2 heterocycles. The predicted octanol–water partition coefficient (Wildman–Crippen LogP) is 4.60. The van der Waals surface area contributed by atoms with Crippen LogP contribution in [0.25, 0.3) is 11.0 Å². The van der Waals surface area contributed by atoms with E-state index >= 15 is 0 Å². The molecule has 4 aromatic rings. The monoisotopic (exact) mass is 375 g/mol. The summed E-state index contributed by atoms with van der Waals surface area (Å²) in [6.45, 7) is 0. The molecule has 0 spiro atoms. The van der Waals surface area contributed by atoms with E-state index in [4.69, 9.17) is 4.98 Å². The van der Waals surface area contributed by atoms with Crippen molar-refractivity contribution in [3.63, 3.8) is 0 Å². The van der Waals surface area contributed by atoms with E-state index in [1.54, 1.807) is 11.3 Å². The molecule has 0 aliphatic heterocycles. The third-order valence-electron chi connectivity index (χ3n) is 4.65. The van der Waals surface area contributed by atoms with Crippen LogP contribution in [0.3, 0.4) is 0 Å². The Balaban J connectivity index is 1.48. The van der Waals surface area contributed by atoms with Crippen molar-refractivity contribution < 1.29 is 4.79 Å². The first-order chi connectivity index (χ1) is 13.2. The Morgan fingerprint density at radius 3 is 2.70 bits per heavy atom. The average Bonchev–Trinajstić information content (AvgIpc) is 3.29. The molecule has 2 aromatic carbocycles. The van der Waals surface area contributed by atoms with Crippen molar-refractivity contribution in [1.82, 2.24) is 9.55 Å². The van der Waals surface area contributed by atoms with Crippen molar-refractivity contribution in [3.05, 3.63) is 82.3 Å². The lowest BCUT2D eigenvalue weighted by Gasteiger charge is -2.05. The molecule has 1 N–H and O–H groups in total. The van der Waals surface area contributed by atoms with Crippen molar-refractivity contribution in [2.45, 2.75) is 19.3 Å². The second kappa shape index (κ2) is 7.76. The smallest absolute Gasteiger partial charge is 0.229 e. The molecule has 4 rings (SSSR count). The number of anilines is 1. The van der Waals surface area contributed by atoms with Gasteiger partial charge in [-0.15, -0.1) is 11.3 Å². The van der Waals surface area contributed by atoms with Crippen molar-refractivity contribution >= 4 is 34.0 Å². The Bertz CT molecular complexity index is 1050. The van der Waals surface area contributed by atoms with Gasteiger partial charge in [0.25, 0.3) is 0 Å². The average molecular weight is 375 g/mol. The van der Waals surface area contributed by atoms with Crippen molar-refractivity contribution in [3.8, 4) is 0 Å². The van der Waals surface area contributed by atoms with Gasteiger partial charge in [0.15, 0.2) is 0 Å². The Labute approximate surface area is 162 Å². The van der Waals surface area contributed by atoms with Crippen LogP contribution in [0, 0.1) is 0 Å². The van der Waals surface area contributed by atoms with E-state index in [0.29, 0.717) is 6.42 Å². The van der Waals surface area contributed by atoms with E-state index < -0.39 is 0 Å². The summed E-state index contributed by atoms with van der Waals surface area (Å²) < 4.78 is 2.13. The first-order valence-electron chi connectivity index (χ1n) is 9.00. The summed E-state index contributed by atoms with van der Waals surface area (Å²) in [5.41, 5.74) is 4.09. The lowest BCUT2D eigenvalue weighted by molar-refractivity contribution is -0.115. The summed E-state index contributed by atoms with van der Waals surface area (Å²) in [6, 6.07) is 20.3. The van der Waals surface area contributed by atoms with E-state index in [0.717, 1.165) is 40.3 Å². The summed E-state index contributed by atoms with van der Waals surface area (Å²) in [4.78, 5) is 18.1. The first-order valence-corrected chi connectivity index (χ1v) is 9.88. The summed E-state index contributed by atoms with van der Waals surface area (Å²) in [6.07, 6.45) is 2.25. The Kier molecular flexibility index (Phi) is 5.03. The van der Waals surface area contributed by atoms with Gasteiger partial charge in [-0.25, -0.2) is 4.98 Å². The van der Waals surface area contributed by atoms with Gasteiger partial charge >= 0.3 is 0 Å². The van der Waals surface area contributed by atoms with Gasteiger partial charge in [-0.3, -0.25) is 4.79 Å². The number of nitrogens with zero attached hydrogens (tertiary/aromatic N) is 2. The number of amides is 1. The molecule has 0 unspecified atom stereocenters. The summed E-state index contributed by atoms with van der Waals surface area (Å²) in [5, 5.41) is 4.96. The lowest BCUT2D eigenvalue weighted by atomic mass is 10.1. The SMILES string of the molecule is Cn1c(CCc2ccccc2)nc2cc(NC(=O)Cc3cccs3)ccc21. The van der Waals surface area contributed by atoms with Gasteiger partial charge in [0.05, 0.1) is 17.5 Å². The molecule has 0 atom stereocenters. The molecule has 0 radical (unpaired) electrons. The fourth-order valence-corrected chi connectivity index (χ4v) is 3.93. The number of hydrogen-bond acceptors (Lipinski definition) is 3. The standard InChI is InChI=1S/C22H21N3OS/c1-25-20-11-10-17(23-22(26)15-18-8-5-13-27-18)14-19(20)24-21(25)12-9-16-6-3-2-4-7-16/h2-8,10-11,13-14H,9,12,15H2,1H3,(H,23,26). The number of carbonyl (C=O) groups is 1. The molecule has 1 amide bonds. The first kappa shape index (κ1) is 17.5. The van der Waals surface area contributed by atoms with Gasteiger partial charge in [0.2, 0.25) is 5.91 Å². The fourth-order valence-electron chi connectivity index (χ4n) is 3.23. The highest BCUT2D eigenvalue weighted by atomic mass is 32.1. The summed E-state index contributed by atoms with van der Waals surface area (Å²) >= 11 is 1.60. The highest BCUT2D eigenvalue weighted by molar-refractivity contribution is 7.10. The van der Waals surface area contributed by atoms with Crippen LogP contribution in [-0.2, 0) is 31.1 Å². The molecule has 0 aliphatic rings. The number of benzene rings is 2. The minimum absolute atomic E-state index is 0.00275. The van der Waals surface area contributed by atoms with Gasteiger partial charge in [0.1, 0.15) is 5.82 Å². The molecular weight excluding hydrogens is 354 g/mol. The van der Waals surface area contributed by atoms with Gasteiger partial charge in [0, 0.05) is 24.0 Å². The van der Waals surface area contributed by atoms with Crippen LogP contribution in [-0.4, -0.2) is 15.5 Å². The topological polar surface area (TPSA) is 46.9 Å². The molecular formula is C22H21N3OS. The normalized spacial score (nSPS) is 11.0. The fraction of sp³-hybridized carbons (Fsp3) is 0.182. The van der Waals surface area contributed by atoms with Gasteiger partial charge < -0.3 is 9.88 Å².